The van der Waals surface area contributed by atoms with Gasteiger partial charge in [0.2, 0.25) is 0 Å². The average molecular weight is 282 g/mol. The van der Waals surface area contributed by atoms with E-state index in [2.05, 4.69) is 0 Å². The van der Waals surface area contributed by atoms with Crippen LogP contribution in [0.1, 0.15) is 40.0 Å². The monoisotopic (exact) mass is 282 g/mol. The van der Waals surface area contributed by atoms with E-state index in [9.17, 15) is 15.0 Å². The molecule has 0 aliphatic heterocycles. The molecule has 0 saturated heterocycles. The highest BCUT2D eigenvalue weighted by Gasteiger charge is 2.58. The first-order valence-electron chi connectivity index (χ1n) is 7.49. The molecule has 2 rings (SSSR count). The molecule has 4 nitrogen and oxygen atoms in total. The first-order chi connectivity index (χ1) is 9.25. The smallest absolute Gasteiger partial charge is 0.144 e. The number of hydrogen-bond donors (Lipinski definition) is 3. The Morgan fingerprint density at radius 2 is 2.00 bits per heavy atom. The molecule has 2 aliphatic rings. The summed E-state index contributed by atoms with van der Waals surface area (Å²) in [6.07, 6.45) is 4.78. The molecule has 4 heteroatoms. The van der Waals surface area contributed by atoms with Crippen molar-refractivity contribution in [3.05, 3.63) is 12.2 Å². The molecule has 0 heterocycles. The third-order valence-corrected chi connectivity index (χ3v) is 5.73. The largest absolute Gasteiger partial charge is 0.396 e. The van der Waals surface area contributed by atoms with E-state index in [-0.39, 0.29) is 36.6 Å². The van der Waals surface area contributed by atoms with Gasteiger partial charge in [-0.05, 0) is 38.5 Å². The minimum absolute atomic E-state index is 0.0510. The molecular weight excluding hydrogens is 256 g/mol. The summed E-state index contributed by atoms with van der Waals surface area (Å²) in [7, 11) is 0. The molecule has 1 fully saturated rings. The Morgan fingerprint density at radius 3 is 2.60 bits per heavy atom. The number of Topliss-reactive ketones (excluding diaryl/α,β-unsaturated/α-hetero) is 1. The standard InChI is InChI=1S/C16H26O4/c1-10-4-5-12-11(14(10)19)6-8-15(2,20)16(12,3)13(18)7-9-17/h6,8,10-12,14,17,19-20H,4-5,7,9H2,1-3H3/t10-,11+,12-,14+,15+,16-/m1/s1. The topological polar surface area (TPSA) is 77.8 Å². The number of ketones is 1. The van der Waals surface area contributed by atoms with E-state index >= 15 is 0 Å². The van der Waals surface area contributed by atoms with Crippen LogP contribution in [0.4, 0.5) is 0 Å². The lowest BCUT2D eigenvalue weighted by molar-refractivity contribution is -0.159. The molecule has 0 bridgehead atoms. The van der Waals surface area contributed by atoms with Crippen LogP contribution >= 0.6 is 0 Å². The van der Waals surface area contributed by atoms with Crippen LogP contribution in [-0.4, -0.2) is 39.4 Å². The number of carbonyl (C=O) groups is 1. The van der Waals surface area contributed by atoms with Gasteiger partial charge in [0.15, 0.2) is 0 Å². The minimum atomic E-state index is -1.24. The molecule has 3 N–H and O–H groups in total. The Hall–Kier alpha value is -0.710. The summed E-state index contributed by atoms with van der Waals surface area (Å²) in [5, 5.41) is 30.2. The molecule has 6 atom stereocenters. The summed E-state index contributed by atoms with van der Waals surface area (Å²) in [6, 6.07) is 0. The van der Waals surface area contributed by atoms with Crippen LogP contribution in [0.15, 0.2) is 12.2 Å². The molecule has 114 valence electrons. The van der Waals surface area contributed by atoms with Crippen molar-refractivity contribution in [3.63, 3.8) is 0 Å². The highest BCUT2D eigenvalue weighted by atomic mass is 16.3. The normalized spacial score (nSPS) is 47.9. The van der Waals surface area contributed by atoms with E-state index in [0.29, 0.717) is 0 Å². The Balaban J connectivity index is 2.43. The van der Waals surface area contributed by atoms with Crippen LogP contribution in [0.2, 0.25) is 0 Å². The Morgan fingerprint density at radius 1 is 1.35 bits per heavy atom. The molecule has 20 heavy (non-hydrogen) atoms. The molecule has 0 radical (unpaired) electrons. The second-order valence-electron chi connectivity index (χ2n) is 6.83. The lowest BCUT2D eigenvalue weighted by Crippen LogP contribution is -2.60. The van der Waals surface area contributed by atoms with Gasteiger partial charge in [0.05, 0.1) is 17.1 Å². The number of rotatable bonds is 3. The number of hydrogen-bond acceptors (Lipinski definition) is 4. The summed E-state index contributed by atoms with van der Waals surface area (Å²) in [5.41, 5.74) is -2.18. The maximum atomic E-state index is 12.5. The van der Waals surface area contributed by atoms with E-state index < -0.39 is 17.1 Å². The Bertz CT molecular complexity index is 415. The maximum Gasteiger partial charge on any atom is 0.144 e. The van der Waals surface area contributed by atoms with Crippen LogP contribution in [0.3, 0.4) is 0 Å². The molecule has 0 unspecified atom stereocenters. The molecular formula is C16H26O4. The van der Waals surface area contributed by atoms with Crippen molar-refractivity contribution < 1.29 is 20.1 Å². The predicted octanol–water partition coefficient (Wildman–Crippen LogP) is 1.29. The summed E-state index contributed by atoms with van der Waals surface area (Å²) in [4.78, 5) is 12.5. The second kappa shape index (κ2) is 5.24. The lowest BCUT2D eigenvalue weighted by atomic mass is 9.51. The molecule has 0 spiro atoms. The van der Waals surface area contributed by atoms with Crippen molar-refractivity contribution in [3.8, 4) is 0 Å². The van der Waals surface area contributed by atoms with Crippen LogP contribution < -0.4 is 0 Å². The number of fused-ring (bicyclic) bond motifs is 1. The first kappa shape index (κ1) is 15.7. The second-order valence-corrected chi connectivity index (χ2v) is 6.83. The van der Waals surface area contributed by atoms with Gasteiger partial charge >= 0.3 is 0 Å². The van der Waals surface area contributed by atoms with Crippen molar-refractivity contribution in [1.82, 2.24) is 0 Å². The zero-order valence-corrected chi connectivity index (χ0v) is 12.5. The van der Waals surface area contributed by atoms with Gasteiger partial charge in [-0.3, -0.25) is 4.79 Å². The van der Waals surface area contributed by atoms with E-state index in [1.807, 2.05) is 13.0 Å². The minimum Gasteiger partial charge on any atom is -0.396 e. The summed E-state index contributed by atoms with van der Waals surface area (Å²) >= 11 is 0. The molecule has 0 aromatic heterocycles. The quantitative estimate of drug-likeness (QED) is 0.682. The molecule has 0 amide bonds. The number of aliphatic hydroxyl groups is 3. The van der Waals surface area contributed by atoms with Gasteiger partial charge in [0, 0.05) is 18.9 Å². The van der Waals surface area contributed by atoms with Crippen molar-refractivity contribution in [2.24, 2.45) is 23.2 Å². The zero-order chi connectivity index (χ0) is 15.1. The fraction of sp³-hybridized carbons (Fsp3) is 0.812. The van der Waals surface area contributed by atoms with Crippen LogP contribution in [-0.2, 0) is 4.79 Å². The van der Waals surface area contributed by atoms with E-state index in [1.165, 1.54) is 0 Å². The zero-order valence-electron chi connectivity index (χ0n) is 12.5. The maximum absolute atomic E-state index is 12.5. The molecule has 0 aromatic carbocycles. The van der Waals surface area contributed by atoms with Gasteiger partial charge in [-0.15, -0.1) is 0 Å². The Labute approximate surface area is 120 Å². The van der Waals surface area contributed by atoms with Gasteiger partial charge in [0.25, 0.3) is 0 Å². The van der Waals surface area contributed by atoms with Crippen molar-refractivity contribution >= 4 is 5.78 Å². The van der Waals surface area contributed by atoms with Crippen molar-refractivity contribution in [2.75, 3.05) is 6.61 Å². The van der Waals surface area contributed by atoms with E-state index in [4.69, 9.17) is 5.11 Å². The van der Waals surface area contributed by atoms with Gasteiger partial charge in [-0.1, -0.05) is 19.1 Å². The van der Waals surface area contributed by atoms with Crippen LogP contribution in [0.5, 0.6) is 0 Å². The summed E-state index contributed by atoms with van der Waals surface area (Å²) in [6.45, 7) is 5.26. The summed E-state index contributed by atoms with van der Waals surface area (Å²) in [5.74, 6) is -0.0772. The first-order valence-corrected chi connectivity index (χ1v) is 7.49. The third kappa shape index (κ3) is 2.14. The highest BCUT2D eigenvalue weighted by molar-refractivity contribution is 5.87. The predicted molar refractivity (Wildman–Crippen MR) is 76.0 cm³/mol. The van der Waals surface area contributed by atoms with Crippen molar-refractivity contribution in [1.29, 1.82) is 0 Å². The van der Waals surface area contributed by atoms with Crippen LogP contribution in [0, 0.1) is 23.2 Å². The third-order valence-electron chi connectivity index (χ3n) is 5.73. The van der Waals surface area contributed by atoms with Crippen molar-refractivity contribution in [2.45, 2.75) is 51.7 Å². The average Bonchev–Trinajstić information content (AvgIpc) is 2.38. The molecule has 0 aromatic rings. The summed E-state index contributed by atoms with van der Waals surface area (Å²) < 4.78 is 0. The highest BCUT2D eigenvalue weighted by Crippen LogP contribution is 2.54. The van der Waals surface area contributed by atoms with Crippen LogP contribution in [0.25, 0.3) is 0 Å². The van der Waals surface area contributed by atoms with Gasteiger partial charge < -0.3 is 15.3 Å². The molecule has 2 aliphatic carbocycles. The molecule has 1 saturated carbocycles. The fourth-order valence-corrected chi connectivity index (χ4v) is 4.04. The van der Waals surface area contributed by atoms with Gasteiger partial charge in [0.1, 0.15) is 5.78 Å². The number of carbonyl (C=O) groups excluding carboxylic acids is 1. The van der Waals surface area contributed by atoms with Gasteiger partial charge in [-0.2, -0.15) is 0 Å². The van der Waals surface area contributed by atoms with E-state index in [0.717, 1.165) is 12.8 Å². The SMILES string of the molecule is C[C@@H]1CC[C@@H]2[C@H](C=C[C@](C)(O)[C@@]2(C)C(=O)CCO)[C@H]1O. The lowest BCUT2D eigenvalue weighted by Gasteiger charge is -2.54. The Kier molecular flexibility index (Phi) is 4.11. The van der Waals surface area contributed by atoms with E-state index in [1.54, 1.807) is 19.9 Å². The number of aliphatic hydroxyl groups excluding tert-OH is 2. The fourth-order valence-electron chi connectivity index (χ4n) is 4.04. The van der Waals surface area contributed by atoms with Gasteiger partial charge in [-0.25, -0.2) is 0 Å².